The van der Waals surface area contributed by atoms with E-state index in [0.717, 1.165) is 47.4 Å². The predicted octanol–water partition coefficient (Wildman–Crippen LogP) is 2.66. The van der Waals surface area contributed by atoms with Crippen molar-refractivity contribution in [3.05, 3.63) is 102 Å². The Morgan fingerprint density at radius 3 is 2.00 bits per heavy atom. The van der Waals surface area contributed by atoms with Gasteiger partial charge in [-0.15, -0.1) is 0 Å². The van der Waals surface area contributed by atoms with E-state index in [1.54, 1.807) is 0 Å². The standard InChI is InChI=1S/C32H40NO3.BrH/c1-33(2,21-12-22-35-28-17-10-5-11-18-28)31-25-19-20-29(31)30(23-25)36-24-32(34,26-13-6-3-7-14-26)27-15-8-4-9-16-27;/h3-11,13-18,25,29-31,34H,12,19-24H2,1-2H3;1H/q+1;/p-1. The summed E-state index contributed by atoms with van der Waals surface area (Å²) in [5.41, 5.74) is 0.606. The Hall–Kier alpha value is -2.18. The van der Waals surface area contributed by atoms with Crippen LogP contribution in [0.1, 0.15) is 36.8 Å². The van der Waals surface area contributed by atoms with Crippen LogP contribution < -0.4 is 21.7 Å². The van der Waals surface area contributed by atoms with Gasteiger partial charge in [-0.1, -0.05) is 78.9 Å². The maximum Gasteiger partial charge on any atom is 0.138 e. The van der Waals surface area contributed by atoms with Crippen molar-refractivity contribution < 1.29 is 36.0 Å². The zero-order valence-electron chi connectivity index (χ0n) is 22.0. The number of fused-ring (bicyclic) bond motifs is 2. The van der Waals surface area contributed by atoms with Gasteiger partial charge in [0, 0.05) is 18.3 Å². The highest BCUT2D eigenvalue weighted by atomic mass is 79.9. The van der Waals surface area contributed by atoms with Crippen LogP contribution in [0.3, 0.4) is 0 Å². The average Bonchev–Trinajstić information content (AvgIpc) is 3.51. The predicted molar refractivity (Wildman–Crippen MR) is 144 cm³/mol. The number of halogens is 1. The summed E-state index contributed by atoms with van der Waals surface area (Å²) in [6, 6.07) is 30.6. The molecule has 0 aliphatic heterocycles. The molecular weight excluding hydrogens is 526 g/mol. The Labute approximate surface area is 232 Å². The molecule has 1 N–H and O–H groups in total. The number of para-hydroxylation sites is 1. The van der Waals surface area contributed by atoms with Crippen LogP contribution in [0.2, 0.25) is 0 Å². The topological polar surface area (TPSA) is 38.7 Å². The van der Waals surface area contributed by atoms with Crippen LogP contribution in [0.25, 0.3) is 0 Å². The molecule has 198 valence electrons. The molecule has 2 aliphatic rings. The second-order valence-corrected chi connectivity index (χ2v) is 11.2. The number of hydrogen-bond donors (Lipinski definition) is 1. The molecule has 3 aromatic rings. The molecule has 0 spiro atoms. The lowest BCUT2D eigenvalue weighted by molar-refractivity contribution is -0.919. The first-order chi connectivity index (χ1) is 17.5. The molecule has 37 heavy (non-hydrogen) atoms. The fraction of sp³-hybridized carbons (Fsp3) is 0.438. The van der Waals surface area contributed by atoms with Crippen LogP contribution in [0.4, 0.5) is 0 Å². The quantitative estimate of drug-likeness (QED) is 0.287. The highest BCUT2D eigenvalue weighted by Gasteiger charge is 2.56. The lowest BCUT2D eigenvalue weighted by atomic mass is 9.87. The minimum atomic E-state index is -1.15. The number of ether oxygens (including phenoxy) is 2. The van der Waals surface area contributed by atoms with E-state index in [1.165, 1.54) is 12.8 Å². The second kappa shape index (κ2) is 12.1. The molecule has 2 aliphatic carbocycles. The smallest absolute Gasteiger partial charge is 0.138 e. The fourth-order valence-corrected chi connectivity index (χ4v) is 6.83. The molecule has 2 bridgehead atoms. The van der Waals surface area contributed by atoms with Crippen LogP contribution in [0.15, 0.2) is 91.0 Å². The maximum absolute atomic E-state index is 11.9. The summed E-state index contributed by atoms with van der Waals surface area (Å²) in [6.45, 7) is 2.12. The van der Waals surface area contributed by atoms with Crippen LogP contribution in [-0.2, 0) is 10.3 Å². The van der Waals surface area contributed by atoms with Crippen LogP contribution in [0.5, 0.6) is 5.75 Å². The Balaban J connectivity index is 0.00000320. The van der Waals surface area contributed by atoms with Gasteiger partial charge in [0.15, 0.2) is 0 Å². The van der Waals surface area contributed by atoms with Gasteiger partial charge in [0.05, 0.1) is 46.0 Å². The van der Waals surface area contributed by atoms with Gasteiger partial charge in [-0.05, 0) is 42.5 Å². The van der Waals surface area contributed by atoms with Crippen molar-refractivity contribution in [3.63, 3.8) is 0 Å². The summed E-state index contributed by atoms with van der Waals surface area (Å²) in [7, 11) is 4.76. The van der Waals surface area contributed by atoms with Crippen molar-refractivity contribution in [1.29, 1.82) is 0 Å². The Kier molecular flexibility index (Phi) is 9.12. The van der Waals surface area contributed by atoms with Crippen molar-refractivity contribution >= 4 is 0 Å². The second-order valence-electron chi connectivity index (χ2n) is 11.2. The van der Waals surface area contributed by atoms with E-state index in [0.29, 0.717) is 17.9 Å². The molecule has 4 nitrogen and oxygen atoms in total. The van der Waals surface area contributed by atoms with Crippen molar-refractivity contribution in [2.45, 2.75) is 43.4 Å². The van der Waals surface area contributed by atoms with Crippen LogP contribution in [-0.4, -0.2) is 55.6 Å². The summed E-state index contributed by atoms with van der Waals surface area (Å²) in [4.78, 5) is 0. The van der Waals surface area contributed by atoms with Gasteiger partial charge in [-0.25, -0.2) is 0 Å². The van der Waals surface area contributed by atoms with E-state index in [4.69, 9.17) is 9.47 Å². The Morgan fingerprint density at radius 1 is 0.838 bits per heavy atom. The largest absolute Gasteiger partial charge is 1.00 e. The fourth-order valence-electron chi connectivity index (χ4n) is 6.83. The van der Waals surface area contributed by atoms with Crippen molar-refractivity contribution in [3.8, 4) is 5.75 Å². The third-order valence-corrected chi connectivity index (χ3v) is 8.51. The van der Waals surface area contributed by atoms with Gasteiger partial charge in [0.25, 0.3) is 0 Å². The Morgan fingerprint density at radius 2 is 1.41 bits per heavy atom. The molecule has 0 amide bonds. The van der Waals surface area contributed by atoms with Crippen LogP contribution >= 0.6 is 0 Å². The highest BCUT2D eigenvalue weighted by molar-refractivity contribution is 5.36. The molecule has 0 saturated heterocycles. The molecule has 0 radical (unpaired) electrons. The third kappa shape index (κ3) is 6.12. The lowest BCUT2D eigenvalue weighted by Crippen LogP contribution is -3.00. The number of nitrogens with zero attached hydrogens (tertiary/aromatic N) is 1. The number of rotatable bonds is 11. The first-order valence-corrected chi connectivity index (χ1v) is 13.4. The lowest BCUT2D eigenvalue weighted by Gasteiger charge is -2.39. The van der Waals surface area contributed by atoms with Gasteiger partial charge < -0.3 is 36.0 Å². The number of aliphatic hydroxyl groups is 1. The summed E-state index contributed by atoms with van der Waals surface area (Å²) in [5, 5.41) is 11.9. The normalized spacial score (nSPS) is 23.0. The zero-order chi connectivity index (χ0) is 25.0. The van der Waals surface area contributed by atoms with E-state index in [1.807, 2.05) is 91.0 Å². The van der Waals surface area contributed by atoms with E-state index in [9.17, 15) is 5.11 Å². The molecule has 0 aromatic heterocycles. The van der Waals surface area contributed by atoms with Gasteiger partial charge >= 0.3 is 0 Å². The summed E-state index contributed by atoms with van der Waals surface area (Å²) in [6.07, 6.45) is 4.84. The average molecular weight is 567 g/mol. The van der Waals surface area contributed by atoms with Crippen molar-refractivity contribution in [1.82, 2.24) is 0 Å². The van der Waals surface area contributed by atoms with Gasteiger partial charge in [-0.2, -0.15) is 0 Å². The molecular formula is C32H40BrNO3. The maximum atomic E-state index is 11.9. The minimum Gasteiger partial charge on any atom is -1.00 e. The summed E-state index contributed by atoms with van der Waals surface area (Å²) in [5.74, 6) is 2.17. The number of benzene rings is 3. The van der Waals surface area contributed by atoms with Gasteiger partial charge in [0.1, 0.15) is 11.4 Å². The zero-order valence-corrected chi connectivity index (χ0v) is 23.6. The minimum absolute atomic E-state index is 0. The SMILES string of the molecule is C[N+](C)(CCCOc1ccccc1)C1C2CCC1C(OCC(O)(c1ccccc1)c1ccccc1)C2.[Br-]. The first-order valence-electron chi connectivity index (χ1n) is 13.4. The first kappa shape index (κ1) is 27.8. The molecule has 4 atom stereocenters. The Bertz CT molecular complexity index is 1050. The monoisotopic (exact) mass is 565 g/mol. The molecule has 0 heterocycles. The number of hydrogen-bond acceptors (Lipinski definition) is 3. The third-order valence-electron chi connectivity index (χ3n) is 8.51. The summed E-state index contributed by atoms with van der Waals surface area (Å²) < 4.78 is 13.6. The van der Waals surface area contributed by atoms with Crippen molar-refractivity contribution in [2.24, 2.45) is 11.8 Å². The summed E-state index contributed by atoms with van der Waals surface area (Å²) >= 11 is 0. The van der Waals surface area contributed by atoms with E-state index >= 15 is 0 Å². The molecule has 4 unspecified atom stereocenters. The number of quaternary nitrogens is 1. The van der Waals surface area contributed by atoms with E-state index in [-0.39, 0.29) is 29.7 Å². The highest BCUT2D eigenvalue weighted by Crippen LogP contribution is 2.50. The van der Waals surface area contributed by atoms with Gasteiger partial charge in [0.2, 0.25) is 0 Å². The van der Waals surface area contributed by atoms with Gasteiger partial charge in [-0.3, -0.25) is 0 Å². The molecule has 5 heteroatoms. The van der Waals surface area contributed by atoms with Crippen LogP contribution in [0, 0.1) is 11.8 Å². The molecule has 5 rings (SSSR count). The van der Waals surface area contributed by atoms with E-state index < -0.39 is 5.60 Å². The van der Waals surface area contributed by atoms with Crippen molar-refractivity contribution in [2.75, 3.05) is 33.9 Å². The molecule has 2 fully saturated rings. The van der Waals surface area contributed by atoms with E-state index in [2.05, 4.69) is 14.1 Å². The molecule has 2 saturated carbocycles. The molecule has 3 aromatic carbocycles.